The first kappa shape index (κ1) is 15.4. The second-order valence-corrected chi connectivity index (χ2v) is 6.73. The van der Waals surface area contributed by atoms with Crippen LogP contribution in [0.5, 0.6) is 0 Å². The van der Waals surface area contributed by atoms with Gasteiger partial charge in [0.05, 0.1) is 6.42 Å². The van der Waals surface area contributed by atoms with Gasteiger partial charge >= 0.3 is 5.97 Å². The molecule has 2 N–H and O–H groups in total. The number of nitrogens with one attached hydrogen (secondary N) is 1. The van der Waals surface area contributed by atoms with Crippen LogP contribution in [0.25, 0.3) is 0 Å². The molecule has 1 aliphatic heterocycles. The maximum atomic E-state index is 12.1. The summed E-state index contributed by atoms with van der Waals surface area (Å²) >= 11 is 0. The second kappa shape index (κ2) is 6.49. The molecule has 18 heavy (non-hydrogen) atoms. The summed E-state index contributed by atoms with van der Waals surface area (Å²) in [5.41, 5.74) is 0. The molecule has 0 aromatic carbocycles. The molecule has 7 heteroatoms. The topological polar surface area (TPSA) is 86.7 Å². The number of piperidine rings is 1. The van der Waals surface area contributed by atoms with Crippen LogP contribution in [-0.2, 0) is 15.0 Å². The molecular weight excluding hydrogens is 256 g/mol. The van der Waals surface area contributed by atoms with Gasteiger partial charge in [-0.15, -0.1) is 0 Å². The van der Waals surface area contributed by atoms with Crippen LogP contribution in [0.1, 0.15) is 39.5 Å². The Morgan fingerprint density at radius 3 is 2.28 bits per heavy atom. The van der Waals surface area contributed by atoms with Gasteiger partial charge in [0, 0.05) is 19.1 Å². The minimum absolute atomic E-state index is 0.0549. The molecule has 0 amide bonds. The summed E-state index contributed by atoms with van der Waals surface area (Å²) in [7, 11) is -3.55. The van der Waals surface area contributed by atoms with Gasteiger partial charge in [-0.3, -0.25) is 4.79 Å². The Labute approximate surface area is 109 Å². The molecule has 6 nitrogen and oxygen atoms in total. The number of carboxylic acid groups (broad SMARTS) is 1. The van der Waals surface area contributed by atoms with Crippen molar-refractivity contribution in [1.29, 1.82) is 0 Å². The van der Waals surface area contributed by atoms with E-state index in [0.717, 1.165) is 19.3 Å². The molecule has 1 saturated heterocycles. The summed E-state index contributed by atoms with van der Waals surface area (Å²) in [6.45, 7) is 4.67. The zero-order chi connectivity index (χ0) is 13.8. The van der Waals surface area contributed by atoms with E-state index in [4.69, 9.17) is 5.11 Å². The van der Waals surface area contributed by atoms with Gasteiger partial charge in [0.1, 0.15) is 0 Å². The zero-order valence-electron chi connectivity index (χ0n) is 10.9. The minimum Gasteiger partial charge on any atom is -0.481 e. The molecule has 106 valence electrons. The maximum absolute atomic E-state index is 12.1. The lowest BCUT2D eigenvalue weighted by molar-refractivity contribution is -0.137. The molecule has 0 aromatic rings. The van der Waals surface area contributed by atoms with Gasteiger partial charge in [-0.05, 0) is 18.8 Å². The number of hydrogen-bond donors (Lipinski definition) is 2. The lowest BCUT2D eigenvalue weighted by Crippen LogP contribution is -2.49. The third-order valence-electron chi connectivity index (χ3n) is 3.15. The van der Waals surface area contributed by atoms with Crippen molar-refractivity contribution >= 4 is 16.2 Å². The van der Waals surface area contributed by atoms with Crippen LogP contribution in [0.15, 0.2) is 0 Å². The summed E-state index contributed by atoms with van der Waals surface area (Å²) in [6.07, 6.45) is 2.60. The molecule has 0 radical (unpaired) electrons. The number of carbonyl (C=O) groups is 1. The molecule has 0 aliphatic carbocycles. The molecule has 1 unspecified atom stereocenters. The van der Waals surface area contributed by atoms with Crippen LogP contribution < -0.4 is 4.72 Å². The van der Waals surface area contributed by atoms with E-state index in [2.05, 4.69) is 4.72 Å². The average molecular weight is 278 g/mol. The molecular formula is C11H22N2O4S. The van der Waals surface area contributed by atoms with E-state index in [-0.39, 0.29) is 12.3 Å². The van der Waals surface area contributed by atoms with E-state index in [1.807, 2.05) is 13.8 Å². The maximum Gasteiger partial charge on any atom is 0.304 e. The molecule has 0 bridgehead atoms. The predicted octanol–water partition coefficient (Wildman–Crippen LogP) is 0.806. The minimum atomic E-state index is -3.55. The van der Waals surface area contributed by atoms with Gasteiger partial charge < -0.3 is 5.11 Å². The van der Waals surface area contributed by atoms with Crippen LogP contribution >= 0.6 is 0 Å². The number of rotatable bonds is 6. The molecule has 1 heterocycles. The first-order valence-corrected chi connectivity index (χ1v) is 7.76. The molecule has 0 spiro atoms. The third-order valence-corrected chi connectivity index (χ3v) is 4.80. The van der Waals surface area contributed by atoms with Gasteiger partial charge in [-0.2, -0.15) is 17.4 Å². The Hall–Kier alpha value is -0.660. The van der Waals surface area contributed by atoms with Gasteiger partial charge in [0.15, 0.2) is 0 Å². The van der Waals surface area contributed by atoms with Crippen molar-refractivity contribution < 1.29 is 18.3 Å². The van der Waals surface area contributed by atoms with Crippen LogP contribution in [-0.4, -0.2) is 42.9 Å². The first-order valence-electron chi connectivity index (χ1n) is 6.32. The molecule has 1 rings (SSSR count). The fraction of sp³-hybridized carbons (Fsp3) is 0.909. The molecule has 1 aliphatic rings. The fourth-order valence-electron chi connectivity index (χ4n) is 1.97. The Morgan fingerprint density at radius 1 is 1.28 bits per heavy atom. The van der Waals surface area contributed by atoms with Gasteiger partial charge in [0.2, 0.25) is 0 Å². The average Bonchev–Trinajstić information content (AvgIpc) is 2.28. The van der Waals surface area contributed by atoms with E-state index in [1.165, 1.54) is 4.31 Å². The Morgan fingerprint density at radius 2 is 1.83 bits per heavy atom. The lowest BCUT2D eigenvalue weighted by Gasteiger charge is -2.29. The zero-order valence-corrected chi connectivity index (χ0v) is 11.7. The van der Waals surface area contributed by atoms with Gasteiger partial charge in [0.25, 0.3) is 10.2 Å². The molecule has 0 aromatic heterocycles. The normalized spacial score (nSPS) is 19.9. The van der Waals surface area contributed by atoms with Crippen molar-refractivity contribution in [3.8, 4) is 0 Å². The largest absolute Gasteiger partial charge is 0.481 e. The van der Waals surface area contributed by atoms with Crippen molar-refractivity contribution in [2.24, 2.45) is 5.92 Å². The summed E-state index contributed by atoms with van der Waals surface area (Å²) in [5, 5.41) is 8.79. The highest BCUT2D eigenvalue weighted by Crippen LogP contribution is 2.14. The van der Waals surface area contributed by atoms with E-state index < -0.39 is 22.2 Å². The second-order valence-electron chi connectivity index (χ2n) is 5.03. The van der Waals surface area contributed by atoms with Crippen molar-refractivity contribution in [2.45, 2.75) is 45.6 Å². The summed E-state index contributed by atoms with van der Waals surface area (Å²) in [4.78, 5) is 10.7. The van der Waals surface area contributed by atoms with Gasteiger partial charge in [-0.25, -0.2) is 0 Å². The lowest BCUT2D eigenvalue weighted by atomic mass is 10.0. The van der Waals surface area contributed by atoms with E-state index in [1.54, 1.807) is 0 Å². The first-order chi connectivity index (χ1) is 8.33. The molecule has 0 saturated carbocycles. The van der Waals surface area contributed by atoms with Crippen LogP contribution in [0.2, 0.25) is 0 Å². The quantitative estimate of drug-likeness (QED) is 0.752. The van der Waals surface area contributed by atoms with Crippen LogP contribution in [0.4, 0.5) is 0 Å². The Balaban J connectivity index is 2.68. The number of carboxylic acids is 1. The molecule has 1 atom stereocenters. The highest BCUT2D eigenvalue weighted by Gasteiger charge is 2.28. The highest BCUT2D eigenvalue weighted by molar-refractivity contribution is 7.87. The monoisotopic (exact) mass is 278 g/mol. The summed E-state index contributed by atoms with van der Waals surface area (Å²) in [6, 6.07) is -0.561. The number of nitrogens with zero attached hydrogens (tertiary/aromatic N) is 1. The Bertz CT molecular complexity index is 375. The summed E-state index contributed by atoms with van der Waals surface area (Å²) in [5.74, 6) is -1.05. The van der Waals surface area contributed by atoms with E-state index in [0.29, 0.717) is 13.1 Å². The fourth-order valence-corrected chi connectivity index (χ4v) is 3.60. The van der Waals surface area contributed by atoms with Gasteiger partial charge in [-0.1, -0.05) is 20.3 Å². The summed E-state index contributed by atoms with van der Waals surface area (Å²) < 4.78 is 28.1. The third kappa shape index (κ3) is 4.55. The van der Waals surface area contributed by atoms with Crippen LogP contribution in [0.3, 0.4) is 0 Å². The van der Waals surface area contributed by atoms with Crippen molar-refractivity contribution in [3.63, 3.8) is 0 Å². The van der Waals surface area contributed by atoms with E-state index >= 15 is 0 Å². The van der Waals surface area contributed by atoms with Crippen LogP contribution in [0, 0.1) is 5.92 Å². The van der Waals surface area contributed by atoms with Crippen molar-refractivity contribution in [1.82, 2.24) is 9.03 Å². The standard InChI is InChI=1S/C11H22N2O4S/c1-9(2)10(8-11(14)15)12-18(16,17)13-6-4-3-5-7-13/h9-10,12H,3-8H2,1-2H3,(H,14,15). The van der Waals surface area contributed by atoms with Crippen molar-refractivity contribution in [2.75, 3.05) is 13.1 Å². The number of hydrogen-bond acceptors (Lipinski definition) is 3. The van der Waals surface area contributed by atoms with Crippen molar-refractivity contribution in [3.05, 3.63) is 0 Å². The smallest absolute Gasteiger partial charge is 0.304 e. The predicted molar refractivity (Wildman–Crippen MR) is 68.4 cm³/mol. The number of aliphatic carboxylic acids is 1. The Kier molecular flexibility index (Phi) is 5.55. The van der Waals surface area contributed by atoms with E-state index in [9.17, 15) is 13.2 Å². The SMILES string of the molecule is CC(C)C(CC(=O)O)NS(=O)(=O)N1CCCCC1. The molecule has 1 fully saturated rings. The highest BCUT2D eigenvalue weighted by atomic mass is 32.2.